The predicted molar refractivity (Wildman–Crippen MR) is 163 cm³/mol. The molecule has 182 valence electrons. The van der Waals surface area contributed by atoms with Crippen molar-refractivity contribution in [3.63, 3.8) is 0 Å². The molecular formula is C37H21BrO. The second-order valence-electron chi connectivity index (χ2n) is 10.5. The molecule has 2 heteroatoms. The van der Waals surface area contributed by atoms with Gasteiger partial charge in [-0.25, -0.2) is 0 Å². The van der Waals surface area contributed by atoms with Crippen LogP contribution in [-0.4, -0.2) is 0 Å². The summed E-state index contributed by atoms with van der Waals surface area (Å²) in [5, 5.41) is 2.36. The molecule has 1 unspecified atom stereocenters. The zero-order chi connectivity index (χ0) is 25.7. The molecule has 0 saturated heterocycles. The summed E-state index contributed by atoms with van der Waals surface area (Å²) in [6.07, 6.45) is 0. The van der Waals surface area contributed by atoms with E-state index in [1.165, 1.54) is 61.0 Å². The molecule has 6 aromatic carbocycles. The molecule has 7 aromatic rings. The minimum atomic E-state index is -0.482. The lowest BCUT2D eigenvalue weighted by atomic mass is 9.66. The fourth-order valence-corrected chi connectivity index (χ4v) is 7.73. The molecule has 1 spiro atoms. The fraction of sp³-hybridized carbons (Fsp3) is 0.0270. The molecule has 1 nitrogen and oxygen atoms in total. The Morgan fingerprint density at radius 1 is 0.462 bits per heavy atom. The molecule has 0 bridgehead atoms. The molecule has 2 aliphatic rings. The highest BCUT2D eigenvalue weighted by Gasteiger charge is 2.50. The van der Waals surface area contributed by atoms with Gasteiger partial charge in [0.2, 0.25) is 0 Å². The van der Waals surface area contributed by atoms with E-state index in [-0.39, 0.29) is 0 Å². The molecule has 0 N–H and O–H groups in total. The van der Waals surface area contributed by atoms with Crippen LogP contribution in [0.25, 0.3) is 55.3 Å². The van der Waals surface area contributed by atoms with E-state index in [2.05, 4.69) is 137 Å². The number of hydrogen-bond acceptors (Lipinski definition) is 1. The van der Waals surface area contributed by atoms with Gasteiger partial charge in [0.1, 0.15) is 11.2 Å². The normalized spacial score (nSPS) is 16.4. The Kier molecular flexibility index (Phi) is 4.19. The van der Waals surface area contributed by atoms with Crippen LogP contribution in [0.1, 0.15) is 22.3 Å². The average molecular weight is 561 g/mol. The van der Waals surface area contributed by atoms with E-state index in [9.17, 15) is 0 Å². The smallest absolute Gasteiger partial charge is 0.136 e. The maximum Gasteiger partial charge on any atom is 0.136 e. The lowest BCUT2D eigenvalue weighted by molar-refractivity contribution is 0.668. The zero-order valence-electron chi connectivity index (χ0n) is 20.9. The second-order valence-corrected chi connectivity index (χ2v) is 11.5. The minimum Gasteiger partial charge on any atom is -0.456 e. The van der Waals surface area contributed by atoms with Crippen molar-refractivity contribution in [1.29, 1.82) is 0 Å². The third kappa shape index (κ3) is 2.60. The molecule has 1 heterocycles. The summed E-state index contributed by atoms with van der Waals surface area (Å²) < 4.78 is 7.48. The van der Waals surface area contributed by atoms with Crippen molar-refractivity contribution >= 4 is 37.9 Å². The number of halogens is 1. The van der Waals surface area contributed by atoms with Crippen molar-refractivity contribution < 1.29 is 4.42 Å². The van der Waals surface area contributed by atoms with Crippen LogP contribution in [0, 0.1) is 0 Å². The summed E-state index contributed by atoms with van der Waals surface area (Å²) in [7, 11) is 0. The lowest BCUT2D eigenvalue weighted by Gasteiger charge is -2.35. The van der Waals surface area contributed by atoms with Crippen LogP contribution in [-0.2, 0) is 5.41 Å². The first-order chi connectivity index (χ1) is 19.3. The molecule has 0 amide bonds. The van der Waals surface area contributed by atoms with Crippen molar-refractivity contribution in [2.75, 3.05) is 0 Å². The zero-order valence-corrected chi connectivity index (χ0v) is 22.5. The van der Waals surface area contributed by atoms with Gasteiger partial charge < -0.3 is 4.42 Å². The fourth-order valence-electron chi connectivity index (χ4n) is 7.37. The van der Waals surface area contributed by atoms with Crippen molar-refractivity contribution in [2.45, 2.75) is 5.41 Å². The standard InChI is InChI=1S/C37H21BrO/c38-22-17-18-31-28(21-22)24-10-2-1-9-23(24)25-11-3-6-14-29(25)37(31)30-15-7-4-12-26(30)35-32(37)19-20-34-36(35)27-13-5-8-16-33(27)39-34/h1-21H. The molecule has 0 aliphatic heterocycles. The van der Waals surface area contributed by atoms with Crippen molar-refractivity contribution in [3.8, 4) is 33.4 Å². The Balaban J connectivity index is 1.56. The molecule has 0 saturated carbocycles. The molecular weight excluding hydrogens is 540 g/mol. The van der Waals surface area contributed by atoms with Gasteiger partial charge in [-0.1, -0.05) is 119 Å². The van der Waals surface area contributed by atoms with E-state index < -0.39 is 5.41 Å². The number of benzene rings is 6. The SMILES string of the molecule is Brc1ccc2c(c1)-c1ccccc1-c1ccccc1C21c2ccccc2-c2c1ccc1oc3ccccc3c21. The van der Waals surface area contributed by atoms with E-state index in [0.29, 0.717) is 0 Å². The van der Waals surface area contributed by atoms with Crippen molar-refractivity contribution in [1.82, 2.24) is 0 Å². The summed E-state index contributed by atoms with van der Waals surface area (Å²) in [4.78, 5) is 0. The van der Waals surface area contributed by atoms with Gasteiger partial charge in [0.25, 0.3) is 0 Å². The Bertz CT molecular complexity index is 2150. The molecule has 39 heavy (non-hydrogen) atoms. The topological polar surface area (TPSA) is 13.1 Å². The largest absolute Gasteiger partial charge is 0.456 e. The van der Waals surface area contributed by atoms with E-state index in [1.807, 2.05) is 6.07 Å². The maximum atomic E-state index is 6.39. The second kappa shape index (κ2) is 7.59. The number of furan rings is 1. The van der Waals surface area contributed by atoms with Gasteiger partial charge in [0.15, 0.2) is 0 Å². The molecule has 0 radical (unpaired) electrons. The third-order valence-electron chi connectivity index (χ3n) is 8.77. The van der Waals surface area contributed by atoms with Crippen LogP contribution in [0.5, 0.6) is 0 Å². The predicted octanol–water partition coefficient (Wildman–Crippen LogP) is 10.4. The summed E-state index contributed by atoms with van der Waals surface area (Å²) in [5.74, 6) is 0. The van der Waals surface area contributed by atoms with Crippen LogP contribution >= 0.6 is 15.9 Å². The Morgan fingerprint density at radius 2 is 1.05 bits per heavy atom. The van der Waals surface area contributed by atoms with Gasteiger partial charge in [-0.2, -0.15) is 0 Å². The number of hydrogen-bond donors (Lipinski definition) is 0. The highest BCUT2D eigenvalue weighted by Crippen LogP contribution is 2.63. The first-order valence-corrected chi connectivity index (χ1v) is 14.1. The van der Waals surface area contributed by atoms with E-state index >= 15 is 0 Å². The monoisotopic (exact) mass is 560 g/mol. The van der Waals surface area contributed by atoms with E-state index in [1.54, 1.807) is 0 Å². The van der Waals surface area contributed by atoms with Gasteiger partial charge in [0, 0.05) is 15.2 Å². The quantitative estimate of drug-likeness (QED) is 0.180. The van der Waals surface area contributed by atoms with Crippen LogP contribution in [0.3, 0.4) is 0 Å². The first-order valence-electron chi connectivity index (χ1n) is 13.3. The van der Waals surface area contributed by atoms with Crippen LogP contribution in [0.2, 0.25) is 0 Å². The number of rotatable bonds is 0. The number of fused-ring (bicyclic) bond motifs is 16. The van der Waals surface area contributed by atoms with E-state index in [0.717, 1.165) is 21.0 Å². The maximum absolute atomic E-state index is 6.39. The Hall–Kier alpha value is -4.40. The lowest BCUT2D eigenvalue weighted by Crippen LogP contribution is -2.29. The number of para-hydroxylation sites is 1. The summed E-state index contributed by atoms with van der Waals surface area (Å²) in [5.41, 5.74) is 14.3. The highest BCUT2D eigenvalue weighted by molar-refractivity contribution is 9.10. The van der Waals surface area contributed by atoms with Crippen molar-refractivity contribution in [3.05, 3.63) is 154 Å². The third-order valence-corrected chi connectivity index (χ3v) is 9.27. The van der Waals surface area contributed by atoms with Gasteiger partial charge in [-0.3, -0.25) is 0 Å². The summed E-state index contributed by atoms with van der Waals surface area (Å²) in [6.45, 7) is 0. The van der Waals surface area contributed by atoms with Crippen LogP contribution < -0.4 is 0 Å². The molecule has 0 fully saturated rings. The average Bonchev–Trinajstić information content (AvgIpc) is 3.48. The highest BCUT2D eigenvalue weighted by atomic mass is 79.9. The Labute approximate surface area is 234 Å². The molecule has 2 aliphatic carbocycles. The van der Waals surface area contributed by atoms with Gasteiger partial charge in [0.05, 0.1) is 5.41 Å². The summed E-state index contributed by atoms with van der Waals surface area (Å²) >= 11 is 3.81. The van der Waals surface area contributed by atoms with E-state index in [4.69, 9.17) is 4.42 Å². The van der Waals surface area contributed by atoms with Gasteiger partial charge >= 0.3 is 0 Å². The van der Waals surface area contributed by atoms with Crippen LogP contribution in [0.15, 0.2) is 136 Å². The minimum absolute atomic E-state index is 0.482. The summed E-state index contributed by atoms with van der Waals surface area (Å²) in [6, 6.07) is 46.6. The van der Waals surface area contributed by atoms with Crippen molar-refractivity contribution in [2.24, 2.45) is 0 Å². The molecule has 1 aromatic heterocycles. The van der Waals surface area contributed by atoms with Gasteiger partial charge in [-0.05, 0) is 79.9 Å². The molecule has 9 rings (SSSR count). The van der Waals surface area contributed by atoms with Crippen LogP contribution in [0.4, 0.5) is 0 Å². The first kappa shape index (κ1) is 21.5. The van der Waals surface area contributed by atoms with Gasteiger partial charge in [-0.15, -0.1) is 0 Å². The molecule has 1 atom stereocenters. The Morgan fingerprint density at radius 3 is 1.87 bits per heavy atom.